The van der Waals surface area contributed by atoms with Crippen molar-refractivity contribution in [1.82, 2.24) is 9.80 Å². The van der Waals surface area contributed by atoms with E-state index in [1.54, 1.807) is 0 Å². The second-order valence-electron chi connectivity index (χ2n) is 4.19. The summed E-state index contributed by atoms with van der Waals surface area (Å²) in [5.74, 6) is 0.752. The van der Waals surface area contributed by atoms with Crippen LogP contribution in [-0.4, -0.2) is 68.2 Å². The van der Waals surface area contributed by atoms with Gasteiger partial charge < -0.3 is 14.5 Å². The summed E-state index contributed by atoms with van der Waals surface area (Å²) in [6.45, 7) is 8.39. The first-order valence-electron chi connectivity index (χ1n) is 5.84. The highest BCUT2D eigenvalue weighted by Crippen LogP contribution is 2.05. The summed E-state index contributed by atoms with van der Waals surface area (Å²) in [5, 5.41) is 0. The average Bonchev–Trinajstić information content (AvgIpc) is 2.24. The molecule has 0 aromatic rings. The molecule has 90 valence electrons. The van der Waals surface area contributed by atoms with Crippen molar-refractivity contribution in [2.75, 3.05) is 52.3 Å². The highest BCUT2D eigenvalue weighted by Gasteiger charge is 2.19. The van der Waals surface area contributed by atoms with Crippen LogP contribution in [0.25, 0.3) is 0 Å². The number of hydrogen-bond donors (Lipinski definition) is 0. The van der Waals surface area contributed by atoms with Crippen LogP contribution in [-0.2, 0) is 4.74 Å². The number of likely N-dealkylation sites (N-methyl/N-ethyl adjacent to an activating group) is 2. The van der Waals surface area contributed by atoms with E-state index in [4.69, 9.17) is 16.3 Å². The molecule has 1 unspecified atom stereocenters. The minimum Gasteiger partial charge on any atom is -0.374 e. The number of hydrogen-bond acceptors (Lipinski definition) is 3. The maximum atomic E-state index is 5.74. The van der Waals surface area contributed by atoms with Crippen LogP contribution >= 0.6 is 11.6 Å². The van der Waals surface area contributed by atoms with Crippen LogP contribution in [0.2, 0.25) is 0 Å². The van der Waals surface area contributed by atoms with E-state index in [2.05, 4.69) is 23.8 Å². The molecule has 0 N–H and O–H groups in total. The monoisotopic (exact) mass is 234 g/mol. The van der Waals surface area contributed by atoms with E-state index in [0.29, 0.717) is 6.10 Å². The average molecular weight is 235 g/mol. The Labute approximate surface area is 98.3 Å². The number of rotatable bonds is 6. The van der Waals surface area contributed by atoms with Crippen molar-refractivity contribution < 1.29 is 4.74 Å². The summed E-state index contributed by atoms with van der Waals surface area (Å²) >= 11 is 5.70. The van der Waals surface area contributed by atoms with Crippen LogP contribution in [0, 0.1) is 0 Å². The van der Waals surface area contributed by atoms with Crippen LogP contribution in [0.1, 0.15) is 13.3 Å². The molecule has 0 aromatic carbocycles. The molecule has 3 nitrogen and oxygen atoms in total. The van der Waals surface area contributed by atoms with Gasteiger partial charge in [0, 0.05) is 25.5 Å². The van der Waals surface area contributed by atoms with Crippen molar-refractivity contribution in [2.24, 2.45) is 0 Å². The number of morpholine rings is 1. The molecule has 1 heterocycles. The molecule has 1 aliphatic rings. The normalized spacial score (nSPS) is 23.6. The Morgan fingerprint density at radius 2 is 2.33 bits per heavy atom. The van der Waals surface area contributed by atoms with E-state index in [9.17, 15) is 0 Å². The minimum atomic E-state index is 0.374. The van der Waals surface area contributed by atoms with Gasteiger partial charge in [-0.3, -0.25) is 0 Å². The van der Waals surface area contributed by atoms with Gasteiger partial charge in [-0.15, -0.1) is 11.6 Å². The molecule has 1 fully saturated rings. The lowest BCUT2D eigenvalue weighted by atomic mass is 10.2. The van der Waals surface area contributed by atoms with Crippen molar-refractivity contribution in [3.8, 4) is 0 Å². The Balaban J connectivity index is 2.24. The van der Waals surface area contributed by atoms with Crippen molar-refractivity contribution in [3.63, 3.8) is 0 Å². The molecule has 0 bridgehead atoms. The smallest absolute Gasteiger partial charge is 0.0829 e. The molecule has 0 radical (unpaired) electrons. The molecule has 1 atom stereocenters. The van der Waals surface area contributed by atoms with Crippen molar-refractivity contribution in [3.05, 3.63) is 0 Å². The van der Waals surface area contributed by atoms with Crippen molar-refractivity contribution in [1.29, 1.82) is 0 Å². The molecule has 1 aliphatic heterocycles. The van der Waals surface area contributed by atoms with Gasteiger partial charge in [0.1, 0.15) is 0 Å². The predicted octanol–water partition coefficient (Wildman–Crippen LogP) is 1.27. The van der Waals surface area contributed by atoms with Gasteiger partial charge in [-0.05, 0) is 26.6 Å². The van der Waals surface area contributed by atoms with Crippen LogP contribution in [0.4, 0.5) is 0 Å². The first kappa shape index (κ1) is 13.2. The highest BCUT2D eigenvalue weighted by atomic mass is 35.5. The molecular weight excluding hydrogens is 212 g/mol. The third-order valence-corrected chi connectivity index (χ3v) is 3.13. The molecule has 0 saturated carbocycles. The molecule has 0 aliphatic carbocycles. The van der Waals surface area contributed by atoms with E-state index < -0.39 is 0 Å². The topological polar surface area (TPSA) is 15.7 Å². The van der Waals surface area contributed by atoms with E-state index in [1.807, 2.05) is 0 Å². The zero-order chi connectivity index (χ0) is 11.1. The maximum Gasteiger partial charge on any atom is 0.0829 e. The summed E-state index contributed by atoms with van der Waals surface area (Å²) < 4.78 is 5.74. The third kappa shape index (κ3) is 5.16. The van der Waals surface area contributed by atoms with Gasteiger partial charge >= 0.3 is 0 Å². The summed E-state index contributed by atoms with van der Waals surface area (Å²) in [6, 6.07) is 0. The fraction of sp³-hybridized carbons (Fsp3) is 1.00. The molecule has 0 spiro atoms. The lowest BCUT2D eigenvalue weighted by molar-refractivity contribution is -0.0349. The van der Waals surface area contributed by atoms with Gasteiger partial charge in [0.15, 0.2) is 0 Å². The SMILES string of the molecule is CCN(CCCCl)CC1CN(C)CCO1. The van der Waals surface area contributed by atoms with E-state index in [-0.39, 0.29) is 0 Å². The number of nitrogens with zero attached hydrogens (tertiary/aromatic N) is 2. The third-order valence-electron chi connectivity index (χ3n) is 2.86. The molecule has 1 saturated heterocycles. The standard InChI is InChI=1S/C11H23ClN2O/c1-3-14(6-4-5-12)10-11-9-13(2)7-8-15-11/h11H,3-10H2,1-2H3. The van der Waals surface area contributed by atoms with Crippen molar-refractivity contribution in [2.45, 2.75) is 19.4 Å². The van der Waals surface area contributed by atoms with Crippen LogP contribution in [0.15, 0.2) is 0 Å². The summed E-state index contributed by atoms with van der Waals surface area (Å²) in [7, 11) is 2.16. The second kappa shape index (κ2) is 7.44. The largest absolute Gasteiger partial charge is 0.374 e. The Kier molecular flexibility index (Phi) is 6.57. The van der Waals surface area contributed by atoms with Gasteiger partial charge in [0.25, 0.3) is 0 Å². The predicted molar refractivity (Wildman–Crippen MR) is 64.7 cm³/mol. The van der Waals surface area contributed by atoms with Gasteiger partial charge in [0.2, 0.25) is 0 Å². The highest BCUT2D eigenvalue weighted by molar-refractivity contribution is 6.17. The molecule has 1 rings (SSSR count). The minimum absolute atomic E-state index is 0.374. The summed E-state index contributed by atoms with van der Waals surface area (Å²) in [5.41, 5.74) is 0. The van der Waals surface area contributed by atoms with Crippen LogP contribution in [0.3, 0.4) is 0 Å². The van der Waals surface area contributed by atoms with E-state index in [1.165, 1.54) is 0 Å². The number of halogens is 1. The Morgan fingerprint density at radius 3 is 2.93 bits per heavy atom. The fourth-order valence-electron chi connectivity index (χ4n) is 1.93. The second-order valence-corrected chi connectivity index (χ2v) is 4.57. The Morgan fingerprint density at radius 1 is 1.53 bits per heavy atom. The molecule has 0 amide bonds. The first-order valence-corrected chi connectivity index (χ1v) is 6.38. The van der Waals surface area contributed by atoms with Gasteiger partial charge in [-0.1, -0.05) is 6.92 Å². The molecular formula is C11H23ClN2O. The van der Waals surface area contributed by atoms with E-state index >= 15 is 0 Å². The first-order chi connectivity index (χ1) is 7.26. The Hall–Kier alpha value is 0.170. The zero-order valence-corrected chi connectivity index (χ0v) is 10.7. The van der Waals surface area contributed by atoms with Gasteiger partial charge in [-0.25, -0.2) is 0 Å². The number of ether oxygens (including phenoxy) is 1. The molecule has 0 aromatic heterocycles. The zero-order valence-electron chi connectivity index (χ0n) is 9.91. The van der Waals surface area contributed by atoms with Crippen LogP contribution < -0.4 is 0 Å². The van der Waals surface area contributed by atoms with Crippen LogP contribution in [0.5, 0.6) is 0 Å². The summed E-state index contributed by atoms with van der Waals surface area (Å²) in [4.78, 5) is 4.76. The lowest BCUT2D eigenvalue weighted by Gasteiger charge is -2.33. The quantitative estimate of drug-likeness (QED) is 0.644. The summed E-state index contributed by atoms with van der Waals surface area (Å²) in [6.07, 6.45) is 1.44. The van der Waals surface area contributed by atoms with E-state index in [0.717, 1.165) is 51.6 Å². The Bertz CT molecular complexity index is 169. The molecule has 15 heavy (non-hydrogen) atoms. The van der Waals surface area contributed by atoms with Gasteiger partial charge in [0.05, 0.1) is 12.7 Å². The maximum absolute atomic E-state index is 5.74. The lowest BCUT2D eigenvalue weighted by Crippen LogP contribution is -2.46. The van der Waals surface area contributed by atoms with Crippen molar-refractivity contribution >= 4 is 11.6 Å². The van der Waals surface area contributed by atoms with Gasteiger partial charge in [-0.2, -0.15) is 0 Å². The molecule has 4 heteroatoms. The fourth-order valence-corrected chi connectivity index (χ4v) is 2.05. The number of alkyl halides is 1.